The molecule has 2 aromatic heterocycles. The maximum Gasteiger partial charge on any atom is 0.176 e. The van der Waals surface area contributed by atoms with Crippen molar-refractivity contribution in [1.82, 2.24) is 25.2 Å². The molecule has 2 atom stereocenters. The third-order valence-corrected chi connectivity index (χ3v) is 8.50. The standard InChI is InChI=1S/C25H28N6OS/c1-3-16-4-2-6-20(19(16)5-1)23-28-24-22(25(29-23)31-7-9-32-10-8-31)33-21(27-24)15-30-13-17-11-26-12-18(17)14-30/h1-2,4-6,17-18,26H,3,7-15H2. The first-order valence-corrected chi connectivity index (χ1v) is 12.9. The van der Waals surface area contributed by atoms with E-state index in [0.29, 0.717) is 0 Å². The summed E-state index contributed by atoms with van der Waals surface area (Å²) in [6.07, 6.45) is 5.41. The molecular weight excluding hydrogens is 432 g/mol. The first kappa shape index (κ1) is 20.0. The van der Waals surface area contributed by atoms with Gasteiger partial charge in [-0.05, 0) is 42.5 Å². The van der Waals surface area contributed by atoms with Gasteiger partial charge >= 0.3 is 0 Å². The van der Waals surface area contributed by atoms with Gasteiger partial charge in [0.15, 0.2) is 17.3 Å². The summed E-state index contributed by atoms with van der Waals surface area (Å²) in [6.45, 7) is 8.75. The Kier molecular flexibility index (Phi) is 4.93. The van der Waals surface area contributed by atoms with Crippen molar-refractivity contribution in [3.8, 4) is 11.4 Å². The number of morpholine rings is 1. The van der Waals surface area contributed by atoms with Crippen molar-refractivity contribution >= 4 is 33.6 Å². The van der Waals surface area contributed by atoms with Crippen LogP contribution >= 0.6 is 11.3 Å². The average molecular weight is 461 g/mol. The number of allylic oxidation sites excluding steroid dienone is 1. The van der Waals surface area contributed by atoms with Gasteiger partial charge in [0.1, 0.15) is 9.71 Å². The zero-order valence-corrected chi connectivity index (χ0v) is 19.5. The van der Waals surface area contributed by atoms with Crippen molar-refractivity contribution in [3.63, 3.8) is 0 Å². The van der Waals surface area contributed by atoms with Gasteiger partial charge in [0.05, 0.1) is 19.8 Å². The molecule has 1 aliphatic carbocycles. The Hall–Kier alpha value is -2.39. The Bertz CT molecular complexity index is 1220. The molecule has 0 spiro atoms. The summed E-state index contributed by atoms with van der Waals surface area (Å²) in [6, 6.07) is 6.46. The molecule has 1 N–H and O–H groups in total. The van der Waals surface area contributed by atoms with E-state index in [0.717, 1.165) is 96.8 Å². The van der Waals surface area contributed by atoms with E-state index in [1.165, 1.54) is 24.2 Å². The van der Waals surface area contributed by atoms with Gasteiger partial charge in [-0.3, -0.25) is 4.90 Å². The molecule has 7 rings (SSSR count). The van der Waals surface area contributed by atoms with E-state index in [1.807, 2.05) is 0 Å². The molecule has 3 saturated heterocycles. The van der Waals surface area contributed by atoms with E-state index in [-0.39, 0.29) is 0 Å². The summed E-state index contributed by atoms with van der Waals surface area (Å²) in [5.74, 6) is 3.39. The Morgan fingerprint density at radius 1 is 1.06 bits per heavy atom. The Morgan fingerprint density at radius 3 is 2.76 bits per heavy atom. The van der Waals surface area contributed by atoms with Crippen LogP contribution in [0.3, 0.4) is 0 Å². The first-order valence-electron chi connectivity index (χ1n) is 12.0. The number of hydrogen-bond acceptors (Lipinski definition) is 8. The van der Waals surface area contributed by atoms with Gasteiger partial charge in [-0.2, -0.15) is 0 Å². The highest BCUT2D eigenvalue weighted by atomic mass is 32.1. The molecule has 4 aliphatic rings. The highest BCUT2D eigenvalue weighted by Gasteiger charge is 2.36. The number of anilines is 1. The summed E-state index contributed by atoms with van der Waals surface area (Å²) in [4.78, 5) is 20.1. The van der Waals surface area contributed by atoms with Crippen molar-refractivity contribution < 1.29 is 4.74 Å². The van der Waals surface area contributed by atoms with Gasteiger partial charge < -0.3 is 15.0 Å². The minimum Gasteiger partial charge on any atom is -0.378 e. The van der Waals surface area contributed by atoms with Crippen LogP contribution in [0.1, 0.15) is 16.1 Å². The van der Waals surface area contributed by atoms with Crippen molar-refractivity contribution in [2.45, 2.75) is 13.0 Å². The molecule has 2 unspecified atom stereocenters. The number of thiazole rings is 1. The lowest BCUT2D eigenvalue weighted by molar-refractivity contribution is 0.122. The smallest absolute Gasteiger partial charge is 0.176 e. The predicted octanol–water partition coefficient (Wildman–Crippen LogP) is 2.81. The van der Waals surface area contributed by atoms with Gasteiger partial charge in [0, 0.05) is 31.7 Å². The van der Waals surface area contributed by atoms with Gasteiger partial charge in [-0.1, -0.05) is 30.4 Å². The number of nitrogens with zero attached hydrogens (tertiary/aromatic N) is 5. The predicted molar refractivity (Wildman–Crippen MR) is 132 cm³/mol. The van der Waals surface area contributed by atoms with E-state index >= 15 is 0 Å². The van der Waals surface area contributed by atoms with Crippen molar-refractivity contribution in [3.05, 3.63) is 40.4 Å². The number of aromatic nitrogens is 3. The van der Waals surface area contributed by atoms with Crippen molar-refractivity contribution in [1.29, 1.82) is 0 Å². The molecule has 0 amide bonds. The number of likely N-dealkylation sites (tertiary alicyclic amines) is 1. The number of ether oxygens (including phenoxy) is 1. The van der Waals surface area contributed by atoms with Gasteiger partial charge in [-0.15, -0.1) is 11.3 Å². The minimum absolute atomic E-state index is 0.737. The van der Waals surface area contributed by atoms with E-state index in [1.54, 1.807) is 11.3 Å². The summed E-state index contributed by atoms with van der Waals surface area (Å²) in [5.41, 5.74) is 4.53. The average Bonchev–Trinajstić information content (AvgIpc) is 3.62. The molecule has 3 aromatic rings. The molecule has 7 nitrogen and oxygen atoms in total. The molecule has 5 heterocycles. The van der Waals surface area contributed by atoms with E-state index in [4.69, 9.17) is 19.7 Å². The number of nitrogens with one attached hydrogen (secondary N) is 1. The van der Waals surface area contributed by atoms with Crippen LogP contribution in [-0.2, 0) is 17.7 Å². The lowest BCUT2D eigenvalue weighted by Gasteiger charge is -2.28. The van der Waals surface area contributed by atoms with Crippen molar-refractivity contribution in [2.24, 2.45) is 11.8 Å². The van der Waals surface area contributed by atoms with Crippen LogP contribution in [-0.4, -0.2) is 72.3 Å². The fourth-order valence-corrected chi connectivity index (χ4v) is 6.85. The van der Waals surface area contributed by atoms with Crippen LogP contribution in [0.25, 0.3) is 27.8 Å². The van der Waals surface area contributed by atoms with E-state index < -0.39 is 0 Å². The quantitative estimate of drug-likeness (QED) is 0.642. The third kappa shape index (κ3) is 3.56. The second-order valence-electron chi connectivity index (χ2n) is 9.59. The van der Waals surface area contributed by atoms with E-state index in [9.17, 15) is 0 Å². The second kappa shape index (κ2) is 8.13. The molecule has 33 heavy (non-hydrogen) atoms. The van der Waals surface area contributed by atoms with Gasteiger partial charge in [-0.25, -0.2) is 15.0 Å². The molecule has 3 fully saturated rings. The summed E-state index contributed by atoms with van der Waals surface area (Å²) in [7, 11) is 0. The lowest BCUT2D eigenvalue weighted by atomic mass is 10.0. The summed E-state index contributed by atoms with van der Waals surface area (Å²) < 4.78 is 6.73. The third-order valence-electron chi connectivity index (χ3n) is 7.47. The summed E-state index contributed by atoms with van der Waals surface area (Å²) >= 11 is 1.77. The maximum absolute atomic E-state index is 5.62. The molecular formula is C25H28N6OS. The molecule has 170 valence electrons. The molecule has 0 saturated carbocycles. The number of hydrogen-bond donors (Lipinski definition) is 1. The van der Waals surface area contributed by atoms with Crippen LogP contribution in [0.2, 0.25) is 0 Å². The van der Waals surface area contributed by atoms with Crippen LogP contribution in [0.4, 0.5) is 5.82 Å². The normalized spacial score (nSPS) is 24.7. The van der Waals surface area contributed by atoms with Crippen molar-refractivity contribution in [2.75, 3.05) is 57.4 Å². The molecule has 3 aliphatic heterocycles. The monoisotopic (exact) mass is 460 g/mol. The highest BCUT2D eigenvalue weighted by molar-refractivity contribution is 7.19. The van der Waals surface area contributed by atoms with Crippen LogP contribution in [0.15, 0.2) is 24.3 Å². The maximum atomic E-state index is 5.62. The highest BCUT2D eigenvalue weighted by Crippen LogP contribution is 2.36. The number of fused-ring (bicyclic) bond motifs is 3. The Morgan fingerprint density at radius 2 is 1.91 bits per heavy atom. The Labute approximate surface area is 197 Å². The molecule has 0 radical (unpaired) electrons. The largest absolute Gasteiger partial charge is 0.378 e. The van der Waals surface area contributed by atoms with Gasteiger partial charge in [0.2, 0.25) is 0 Å². The molecule has 8 heteroatoms. The SMILES string of the molecule is C1=Cc2c(cccc2-c2nc(N3CCOCC3)c3sc(CN4CC5CNCC5C4)nc3n2)C1. The fourth-order valence-electron chi connectivity index (χ4n) is 5.79. The molecule has 0 bridgehead atoms. The lowest BCUT2D eigenvalue weighted by Crippen LogP contribution is -2.36. The van der Waals surface area contributed by atoms with Crippen LogP contribution in [0.5, 0.6) is 0 Å². The van der Waals surface area contributed by atoms with Crippen LogP contribution in [0, 0.1) is 11.8 Å². The summed E-state index contributed by atoms with van der Waals surface area (Å²) in [5, 5.41) is 4.69. The van der Waals surface area contributed by atoms with Gasteiger partial charge in [0.25, 0.3) is 0 Å². The zero-order chi connectivity index (χ0) is 21.8. The Balaban J connectivity index is 1.28. The first-order chi connectivity index (χ1) is 16.3. The zero-order valence-electron chi connectivity index (χ0n) is 18.7. The topological polar surface area (TPSA) is 66.4 Å². The number of rotatable bonds is 4. The fraction of sp³-hybridized carbons (Fsp3) is 0.480. The van der Waals surface area contributed by atoms with Crippen LogP contribution < -0.4 is 10.2 Å². The molecule has 1 aromatic carbocycles. The van der Waals surface area contributed by atoms with E-state index in [2.05, 4.69) is 45.5 Å². The number of benzene rings is 1. The second-order valence-corrected chi connectivity index (χ2v) is 10.7. The minimum atomic E-state index is 0.737.